The molecule has 0 unspecified atom stereocenters. The van der Waals surface area contributed by atoms with E-state index in [0.717, 1.165) is 16.9 Å². The van der Waals surface area contributed by atoms with E-state index in [1.54, 1.807) is 6.21 Å². The maximum atomic E-state index is 8.97. The molecular weight excluding hydrogens is 344 g/mol. The highest BCUT2D eigenvalue weighted by atomic mass is 32.1. The second-order valence-electron chi connectivity index (χ2n) is 6.34. The maximum Gasteiger partial charge on any atom is 0.191 e. The molecule has 3 N–H and O–H groups in total. The maximum absolute atomic E-state index is 8.97. The van der Waals surface area contributed by atoms with Crippen LogP contribution in [-0.4, -0.2) is 36.6 Å². The van der Waals surface area contributed by atoms with Crippen molar-refractivity contribution < 1.29 is 5.11 Å². The van der Waals surface area contributed by atoms with Gasteiger partial charge < -0.3 is 15.3 Å². The molecule has 26 heavy (non-hydrogen) atoms. The van der Waals surface area contributed by atoms with Gasteiger partial charge in [-0.1, -0.05) is 38.1 Å². The summed E-state index contributed by atoms with van der Waals surface area (Å²) in [7, 11) is 1.94. The van der Waals surface area contributed by atoms with Crippen LogP contribution in [0.5, 0.6) is 0 Å². The first-order valence-corrected chi connectivity index (χ1v) is 9.02. The minimum Gasteiger partial charge on any atom is -0.395 e. The van der Waals surface area contributed by atoms with Crippen LogP contribution in [0.3, 0.4) is 0 Å². The number of hydrogen-bond donors (Lipinski definition) is 3. The SMILES string of the molecule is CC(C)c1ccc(NC(=S)N/N=C/c2ccc(N(C)CCO)cc2)cc1. The minimum atomic E-state index is 0.133. The Morgan fingerprint density at radius 3 is 2.38 bits per heavy atom. The van der Waals surface area contributed by atoms with E-state index >= 15 is 0 Å². The van der Waals surface area contributed by atoms with Crippen molar-refractivity contribution in [2.45, 2.75) is 19.8 Å². The van der Waals surface area contributed by atoms with Gasteiger partial charge in [-0.05, 0) is 53.5 Å². The van der Waals surface area contributed by atoms with Crippen molar-refractivity contribution in [1.82, 2.24) is 5.43 Å². The van der Waals surface area contributed by atoms with Crippen LogP contribution in [0.15, 0.2) is 53.6 Å². The van der Waals surface area contributed by atoms with Crippen molar-refractivity contribution in [3.63, 3.8) is 0 Å². The molecule has 0 heterocycles. The van der Waals surface area contributed by atoms with Crippen molar-refractivity contribution >= 4 is 34.9 Å². The van der Waals surface area contributed by atoms with Crippen molar-refractivity contribution in [1.29, 1.82) is 0 Å². The Hall–Kier alpha value is -2.44. The van der Waals surface area contributed by atoms with Crippen LogP contribution in [0.2, 0.25) is 0 Å². The third-order valence-electron chi connectivity index (χ3n) is 3.98. The summed E-state index contributed by atoms with van der Waals surface area (Å²) < 4.78 is 0. The predicted molar refractivity (Wildman–Crippen MR) is 114 cm³/mol. The first-order valence-electron chi connectivity index (χ1n) is 8.61. The summed E-state index contributed by atoms with van der Waals surface area (Å²) in [4.78, 5) is 1.99. The number of benzene rings is 2. The number of aliphatic hydroxyl groups excluding tert-OH is 1. The van der Waals surface area contributed by atoms with Crippen molar-refractivity contribution in [2.24, 2.45) is 5.10 Å². The molecule has 0 aromatic heterocycles. The number of anilines is 2. The van der Waals surface area contributed by atoms with Gasteiger partial charge in [-0.3, -0.25) is 5.43 Å². The molecule has 5 nitrogen and oxygen atoms in total. The standard InChI is InChI=1S/C20H26N4OS/c1-15(2)17-6-8-18(9-7-17)22-20(26)23-21-14-16-4-10-19(11-5-16)24(3)12-13-25/h4-11,14-15,25H,12-13H2,1-3H3,(H2,22,23,26)/b21-14+. The van der Waals surface area contributed by atoms with Crippen molar-refractivity contribution in [3.05, 3.63) is 59.7 Å². The summed E-state index contributed by atoms with van der Waals surface area (Å²) >= 11 is 5.25. The van der Waals surface area contributed by atoms with Crippen LogP contribution in [0.4, 0.5) is 11.4 Å². The smallest absolute Gasteiger partial charge is 0.191 e. The highest BCUT2D eigenvalue weighted by Gasteiger charge is 2.01. The lowest BCUT2D eigenvalue weighted by Gasteiger charge is -2.17. The van der Waals surface area contributed by atoms with E-state index in [1.165, 1.54) is 5.56 Å². The number of nitrogens with one attached hydrogen (secondary N) is 2. The number of hydrogen-bond acceptors (Lipinski definition) is 4. The summed E-state index contributed by atoms with van der Waals surface area (Å²) in [5, 5.41) is 16.7. The Bertz CT molecular complexity index is 726. The second kappa shape index (κ2) is 9.89. The van der Waals surface area contributed by atoms with Gasteiger partial charge in [0, 0.05) is 25.0 Å². The predicted octanol–water partition coefficient (Wildman–Crippen LogP) is 3.56. The van der Waals surface area contributed by atoms with E-state index in [4.69, 9.17) is 17.3 Å². The molecule has 0 atom stereocenters. The number of likely N-dealkylation sites (N-methyl/N-ethyl adjacent to an activating group) is 1. The third-order valence-corrected chi connectivity index (χ3v) is 4.18. The van der Waals surface area contributed by atoms with Gasteiger partial charge in [0.2, 0.25) is 0 Å². The highest BCUT2D eigenvalue weighted by Crippen LogP contribution is 2.17. The topological polar surface area (TPSA) is 59.9 Å². The fourth-order valence-corrected chi connectivity index (χ4v) is 2.54. The summed E-state index contributed by atoms with van der Waals surface area (Å²) in [5.41, 5.74) is 7.05. The number of aliphatic hydroxyl groups is 1. The Kier molecular flexibility index (Phi) is 7.56. The quantitative estimate of drug-likeness (QED) is 0.395. The lowest BCUT2D eigenvalue weighted by Crippen LogP contribution is -2.23. The van der Waals surface area contributed by atoms with Gasteiger partial charge in [-0.2, -0.15) is 5.10 Å². The molecule has 0 saturated carbocycles. The lowest BCUT2D eigenvalue weighted by molar-refractivity contribution is 0.304. The Balaban J connectivity index is 1.84. The summed E-state index contributed by atoms with van der Waals surface area (Å²) in [6.07, 6.45) is 1.71. The molecule has 138 valence electrons. The van der Waals surface area contributed by atoms with E-state index in [2.05, 4.69) is 41.8 Å². The third kappa shape index (κ3) is 6.13. The average Bonchev–Trinajstić information content (AvgIpc) is 2.63. The molecular formula is C20H26N4OS. The van der Waals surface area contributed by atoms with E-state index in [0.29, 0.717) is 17.6 Å². The molecule has 0 bridgehead atoms. The van der Waals surface area contributed by atoms with Gasteiger partial charge in [0.1, 0.15) is 0 Å². The van der Waals surface area contributed by atoms with E-state index in [-0.39, 0.29) is 6.61 Å². The van der Waals surface area contributed by atoms with Gasteiger partial charge in [-0.25, -0.2) is 0 Å². The number of thiocarbonyl (C=S) groups is 1. The average molecular weight is 371 g/mol. The van der Waals surface area contributed by atoms with Crippen LogP contribution in [0, 0.1) is 0 Å². The molecule has 0 saturated heterocycles. The largest absolute Gasteiger partial charge is 0.395 e. The fraction of sp³-hybridized carbons (Fsp3) is 0.300. The molecule has 0 aliphatic heterocycles. The first kappa shape index (κ1) is 19.9. The van der Waals surface area contributed by atoms with E-state index in [1.807, 2.05) is 48.3 Å². The molecule has 6 heteroatoms. The zero-order valence-electron chi connectivity index (χ0n) is 15.4. The molecule has 0 radical (unpaired) electrons. The van der Waals surface area contributed by atoms with Crippen LogP contribution in [0.1, 0.15) is 30.9 Å². The van der Waals surface area contributed by atoms with E-state index < -0.39 is 0 Å². The van der Waals surface area contributed by atoms with Gasteiger partial charge in [0.05, 0.1) is 12.8 Å². The van der Waals surface area contributed by atoms with Crippen LogP contribution >= 0.6 is 12.2 Å². The minimum absolute atomic E-state index is 0.133. The molecule has 0 aliphatic carbocycles. The fourth-order valence-electron chi connectivity index (χ4n) is 2.37. The zero-order chi connectivity index (χ0) is 18.9. The molecule has 0 spiro atoms. The first-order chi connectivity index (χ1) is 12.5. The van der Waals surface area contributed by atoms with Crippen LogP contribution in [0.25, 0.3) is 0 Å². The van der Waals surface area contributed by atoms with Gasteiger partial charge in [-0.15, -0.1) is 0 Å². The zero-order valence-corrected chi connectivity index (χ0v) is 16.3. The highest BCUT2D eigenvalue weighted by molar-refractivity contribution is 7.80. The Labute approximate surface area is 160 Å². The summed E-state index contributed by atoms with van der Waals surface area (Å²) in [5.74, 6) is 0.508. The van der Waals surface area contributed by atoms with Crippen LogP contribution in [-0.2, 0) is 0 Å². The van der Waals surface area contributed by atoms with Crippen molar-refractivity contribution in [2.75, 3.05) is 30.4 Å². The molecule has 2 aromatic rings. The van der Waals surface area contributed by atoms with E-state index in [9.17, 15) is 0 Å². The monoisotopic (exact) mass is 370 g/mol. The summed E-state index contributed by atoms with van der Waals surface area (Å²) in [6, 6.07) is 16.1. The van der Waals surface area contributed by atoms with Gasteiger partial charge >= 0.3 is 0 Å². The lowest BCUT2D eigenvalue weighted by atomic mass is 10.0. The number of rotatable bonds is 7. The second-order valence-corrected chi connectivity index (χ2v) is 6.75. The molecule has 2 rings (SSSR count). The molecule has 0 amide bonds. The molecule has 2 aromatic carbocycles. The Morgan fingerprint density at radius 1 is 1.15 bits per heavy atom. The normalized spacial score (nSPS) is 11.0. The van der Waals surface area contributed by atoms with Gasteiger partial charge in [0.25, 0.3) is 0 Å². The molecule has 0 aliphatic rings. The summed E-state index contributed by atoms with van der Waals surface area (Å²) in [6.45, 7) is 5.07. The number of hydrazone groups is 1. The van der Waals surface area contributed by atoms with Gasteiger partial charge in [0.15, 0.2) is 5.11 Å². The molecule has 0 fully saturated rings. The van der Waals surface area contributed by atoms with Crippen LogP contribution < -0.4 is 15.6 Å². The number of nitrogens with zero attached hydrogens (tertiary/aromatic N) is 2. The van der Waals surface area contributed by atoms with Crippen molar-refractivity contribution in [3.8, 4) is 0 Å². The Morgan fingerprint density at radius 2 is 1.81 bits per heavy atom.